The van der Waals surface area contributed by atoms with Gasteiger partial charge in [-0.2, -0.15) is 0 Å². The monoisotopic (exact) mass is 328 g/mol. The molecular weight excluding hydrogens is 304 g/mol. The van der Waals surface area contributed by atoms with Crippen molar-refractivity contribution >= 4 is 11.7 Å². The van der Waals surface area contributed by atoms with Crippen LogP contribution in [-0.2, 0) is 4.74 Å². The summed E-state index contributed by atoms with van der Waals surface area (Å²) in [4.78, 5) is 23.4. The molecule has 2 saturated carbocycles. The van der Waals surface area contributed by atoms with Crippen molar-refractivity contribution in [1.82, 2.24) is 19.3 Å². The summed E-state index contributed by atoms with van der Waals surface area (Å²) in [6.45, 7) is 2.80. The van der Waals surface area contributed by atoms with Crippen LogP contribution < -0.4 is 0 Å². The third kappa shape index (κ3) is 2.24. The standard InChI is InChI=1S/C18H24N4O2/c1-3-24-15-11-14(18(15)7-4-5-8-18)21(2)16(23)13-12-22-10-6-9-19-17(22)20-13/h6,9-10,12,14-15H,3-5,7-8,11H2,1-2H3/t14-,15+/m1/s1. The van der Waals surface area contributed by atoms with E-state index in [1.165, 1.54) is 12.8 Å². The molecule has 128 valence electrons. The van der Waals surface area contributed by atoms with Crippen molar-refractivity contribution in [2.45, 2.75) is 51.2 Å². The Morgan fingerprint density at radius 2 is 2.25 bits per heavy atom. The predicted octanol–water partition coefficient (Wildman–Crippen LogP) is 2.54. The van der Waals surface area contributed by atoms with E-state index in [-0.39, 0.29) is 17.4 Å². The molecule has 0 bridgehead atoms. The minimum absolute atomic E-state index is 0.0216. The van der Waals surface area contributed by atoms with E-state index < -0.39 is 0 Å². The topological polar surface area (TPSA) is 59.7 Å². The van der Waals surface area contributed by atoms with E-state index in [4.69, 9.17) is 4.74 Å². The Bertz CT molecular complexity index is 717. The van der Waals surface area contributed by atoms with Crippen LogP contribution in [0.4, 0.5) is 0 Å². The average Bonchev–Trinajstić information content (AvgIpc) is 3.25. The summed E-state index contributed by atoms with van der Waals surface area (Å²) in [7, 11) is 1.91. The SMILES string of the molecule is CCO[C@H]1C[C@@H](N(C)C(=O)c2cn3cccnc3n2)C12CCCC2. The van der Waals surface area contributed by atoms with Gasteiger partial charge >= 0.3 is 0 Å². The van der Waals surface area contributed by atoms with Crippen LogP contribution in [0.5, 0.6) is 0 Å². The Kier molecular flexibility index (Phi) is 3.79. The van der Waals surface area contributed by atoms with E-state index in [1.807, 2.05) is 24.2 Å². The van der Waals surface area contributed by atoms with Crippen molar-refractivity contribution in [2.24, 2.45) is 5.41 Å². The maximum absolute atomic E-state index is 12.9. The zero-order valence-electron chi connectivity index (χ0n) is 14.3. The molecule has 2 aliphatic rings. The molecule has 1 amide bonds. The molecule has 6 nitrogen and oxygen atoms in total. The zero-order chi connectivity index (χ0) is 16.7. The Hall–Kier alpha value is -1.95. The number of ether oxygens (including phenoxy) is 1. The Morgan fingerprint density at radius 3 is 2.96 bits per heavy atom. The van der Waals surface area contributed by atoms with E-state index in [2.05, 4.69) is 16.9 Å². The lowest BCUT2D eigenvalue weighted by Crippen LogP contribution is -2.64. The van der Waals surface area contributed by atoms with Crippen LogP contribution in [0.3, 0.4) is 0 Å². The molecule has 0 radical (unpaired) electrons. The van der Waals surface area contributed by atoms with E-state index in [9.17, 15) is 4.79 Å². The van der Waals surface area contributed by atoms with Gasteiger partial charge in [-0.3, -0.25) is 9.20 Å². The van der Waals surface area contributed by atoms with Crippen molar-refractivity contribution < 1.29 is 9.53 Å². The first kappa shape index (κ1) is 15.6. The third-order valence-corrected chi connectivity index (χ3v) is 5.89. The summed E-state index contributed by atoms with van der Waals surface area (Å²) < 4.78 is 7.75. The van der Waals surface area contributed by atoms with Crippen LogP contribution in [0.2, 0.25) is 0 Å². The molecule has 4 rings (SSSR count). The number of amides is 1. The molecule has 0 saturated heterocycles. The highest BCUT2D eigenvalue weighted by Gasteiger charge is 2.58. The molecule has 2 fully saturated rings. The second-order valence-electron chi connectivity index (χ2n) is 7.00. The number of carbonyl (C=O) groups is 1. The Morgan fingerprint density at radius 1 is 1.46 bits per heavy atom. The number of carbonyl (C=O) groups excluding carboxylic acids is 1. The molecule has 1 spiro atoms. The van der Waals surface area contributed by atoms with Crippen molar-refractivity contribution in [2.75, 3.05) is 13.7 Å². The lowest BCUT2D eigenvalue weighted by atomic mass is 9.60. The first-order valence-electron chi connectivity index (χ1n) is 8.84. The molecule has 2 heterocycles. The van der Waals surface area contributed by atoms with Gasteiger partial charge in [0.2, 0.25) is 5.78 Å². The van der Waals surface area contributed by atoms with Gasteiger partial charge in [-0.05, 0) is 32.3 Å². The van der Waals surface area contributed by atoms with Gasteiger partial charge < -0.3 is 9.64 Å². The molecule has 2 aromatic rings. The minimum Gasteiger partial charge on any atom is -0.378 e. The molecular formula is C18H24N4O2. The molecule has 2 aromatic heterocycles. The minimum atomic E-state index is -0.0216. The fourth-order valence-corrected chi connectivity index (χ4v) is 4.65. The molecule has 0 aromatic carbocycles. The summed E-state index contributed by atoms with van der Waals surface area (Å²) in [5.41, 5.74) is 0.613. The normalized spacial score (nSPS) is 25.1. The van der Waals surface area contributed by atoms with Crippen molar-refractivity contribution in [3.8, 4) is 0 Å². The van der Waals surface area contributed by atoms with E-state index in [0.29, 0.717) is 17.6 Å². The van der Waals surface area contributed by atoms with Gasteiger partial charge in [-0.1, -0.05) is 12.8 Å². The number of rotatable bonds is 4. The molecule has 0 unspecified atom stereocenters. The highest BCUT2D eigenvalue weighted by molar-refractivity contribution is 5.93. The number of imidazole rings is 1. The quantitative estimate of drug-likeness (QED) is 0.865. The van der Waals surface area contributed by atoms with Gasteiger partial charge in [0.15, 0.2) is 0 Å². The summed E-state index contributed by atoms with van der Waals surface area (Å²) in [5.74, 6) is 0.539. The molecule has 0 aliphatic heterocycles. The van der Waals surface area contributed by atoms with E-state index in [1.54, 1.807) is 16.8 Å². The van der Waals surface area contributed by atoms with Crippen LogP contribution >= 0.6 is 0 Å². The smallest absolute Gasteiger partial charge is 0.274 e. The van der Waals surface area contributed by atoms with Gasteiger partial charge in [0, 0.05) is 43.7 Å². The highest BCUT2D eigenvalue weighted by Crippen LogP contribution is 2.56. The van der Waals surface area contributed by atoms with Gasteiger partial charge in [0.1, 0.15) is 5.69 Å². The molecule has 0 N–H and O–H groups in total. The van der Waals surface area contributed by atoms with E-state index >= 15 is 0 Å². The second-order valence-corrected chi connectivity index (χ2v) is 7.00. The predicted molar refractivity (Wildman–Crippen MR) is 89.8 cm³/mol. The number of nitrogens with zero attached hydrogens (tertiary/aromatic N) is 4. The largest absolute Gasteiger partial charge is 0.378 e. The van der Waals surface area contributed by atoms with Crippen molar-refractivity contribution in [3.63, 3.8) is 0 Å². The summed E-state index contributed by atoms with van der Waals surface area (Å²) >= 11 is 0. The fourth-order valence-electron chi connectivity index (χ4n) is 4.65. The summed E-state index contributed by atoms with van der Waals surface area (Å²) in [5, 5.41) is 0. The summed E-state index contributed by atoms with van der Waals surface area (Å²) in [6, 6.07) is 2.08. The van der Waals surface area contributed by atoms with Gasteiger partial charge in [0.25, 0.3) is 5.91 Å². The van der Waals surface area contributed by atoms with E-state index in [0.717, 1.165) is 25.9 Å². The van der Waals surface area contributed by atoms with Crippen LogP contribution in [-0.4, -0.2) is 51.0 Å². The van der Waals surface area contributed by atoms with Crippen LogP contribution in [0, 0.1) is 5.41 Å². The summed E-state index contributed by atoms with van der Waals surface area (Å²) in [6.07, 6.45) is 11.3. The van der Waals surface area contributed by atoms with Crippen LogP contribution in [0.1, 0.15) is 49.5 Å². The molecule has 2 aliphatic carbocycles. The maximum atomic E-state index is 12.9. The number of fused-ring (bicyclic) bond motifs is 1. The second kappa shape index (κ2) is 5.84. The first-order valence-corrected chi connectivity index (χ1v) is 8.84. The van der Waals surface area contributed by atoms with Gasteiger partial charge in [-0.25, -0.2) is 9.97 Å². The highest BCUT2D eigenvalue weighted by atomic mass is 16.5. The lowest BCUT2D eigenvalue weighted by Gasteiger charge is -2.56. The zero-order valence-corrected chi connectivity index (χ0v) is 14.3. The molecule has 6 heteroatoms. The molecule has 24 heavy (non-hydrogen) atoms. The van der Waals surface area contributed by atoms with Crippen molar-refractivity contribution in [3.05, 3.63) is 30.4 Å². The lowest BCUT2D eigenvalue weighted by molar-refractivity contribution is -0.152. The number of hydrogen-bond acceptors (Lipinski definition) is 4. The van der Waals surface area contributed by atoms with Gasteiger partial charge in [-0.15, -0.1) is 0 Å². The Balaban J connectivity index is 1.56. The van der Waals surface area contributed by atoms with Crippen LogP contribution in [0.15, 0.2) is 24.7 Å². The van der Waals surface area contributed by atoms with Crippen molar-refractivity contribution in [1.29, 1.82) is 0 Å². The average molecular weight is 328 g/mol. The maximum Gasteiger partial charge on any atom is 0.274 e. The van der Waals surface area contributed by atoms with Gasteiger partial charge in [0.05, 0.1) is 6.10 Å². The third-order valence-electron chi connectivity index (χ3n) is 5.89. The number of hydrogen-bond donors (Lipinski definition) is 0. The first-order chi connectivity index (χ1) is 11.7. The fraction of sp³-hybridized carbons (Fsp3) is 0.611. The molecule has 2 atom stereocenters. The van der Waals surface area contributed by atoms with Crippen LogP contribution in [0.25, 0.3) is 5.78 Å². The Labute approximate surface area is 141 Å². The number of aromatic nitrogens is 3.